The minimum atomic E-state index is 0.0923. The van der Waals surface area contributed by atoms with Crippen molar-refractivity contribution in [3.05, 3.63) is 29.0 Å². The van der Waals surface area contributed by atoms with Crippen LogP contribution >= 0.6 is 11.3 Å². The summed E-state index contributed by atoms with van der Waals surface area (Å²) < 4.78 is 2.03. The fourth-order valence-corrected chi connectivity index (χ4v) is 3.25. The Morgan fingerprint density at radius 1 is 1.48 bits per heavy atom. The van der Waals surface area contributed by atoms with Crippen LogP contribution in [0.3, 0.4) is 0 Å². The van der Waals surface area contributed by atoms with Gasteiger partial charge in [-0.2, -0.15) is 0 Å². The minimum absolute atomic E-state index is 0.0923. The summed E-state index contributed by atoms with van der Waals surface area (Å²) in [6.07, 6.45) is 7.89. The topological polar surface area (TPSA) is 63.1 Å². The highest BCUT2D eigenvalue weighted by Crippen LogP contribution is 2.17. The first-order valence-electron chi connectivity index (χ1n) is 7.11. The maximum Gasteiger partial charge on any atom is 0.225 e. The van der Waals surface area contributed by atoms with Crippen molar-refractivity contribution in [1.82, 2.24) is 19.9 Å². The minimum Gasteiger partial charge on any atom is -0.353 e. The van der Waals surface area contributed by atoms with E-state index in [4.69, 9.17) is 0 Å². The number of hydrogen-bond donors (Lipinski definition) is 1. The maximum absolute atomic E-state index is 12.0. The van der Waals surface area contributed by atoms with Crippen LogP contribution in [0.2, 0.25) is 0 Å². The Bertz CT molecular complexity index is 586. The number of aryl methyl sites for hydroxylation is 1. The quantitative estimate of drug-likeness (QED) is 0.922. The summed E-state index contributed by atoms with van der Waals surface area (Å²) in [5.41, 5.74) is 1.76. The second kappa shape index (κ2) is 6.26. The lowest BCUT2D eigenvalue weighted by Gasteiger charge is -2.33. The molecule has 7 heteroatoms. The van der Waals surface area contributed by atoms with E-state index in [1.807, 2.05) is 24.0 Å². The van der Waals surface area contributed by atoms with E-state index in [1.54, 1.807) is 11.7 Å². The molecule has 0 bridgehead atoms. The van der Waals surface area contributed by atoms with E-state index in [0.29, 0.717) is 6.42 Å². The van der Waals surface area contributed by atoms with Gasteiger partial charge in [-0.1, -0.05) is 0 Å². The van der Waals surface area contributed by atoms with Gasteiger partial charge >= 0.3 is 0 Å². The van der Waals surface area contributed by atoms with Gasteiger partial charge in [-0.25, -0.2) is 4.98 Å². The van der Waals surface area contributed by atoms with E-state index in [2.05, 4.69) is 20.2 Å². The highest BCUT2D eigenvalue weighted by molar-refractivity contribution is 7.09. The first kappa shape index (κ1) is 14.1. The lowest BCUT2D eigenvalue weighted by Crippen LogP contribution is -2.45. The maximum atomic E-state index is 12.0. The molecule has 0 radical (unpaired) electrons. The van der Waals surface area contributed by atoms with Crippen LogP contribution in [0.5, 0.6) is 0 Å². The number of aromatic nitrogens is 3. The fourth-order valence-electron chi connectivity index (χ4n) is 2.65. The molecular formula is C14H19N5OS. The second-order valence-electron chi connectivity index (χ2n) is 5.31. The normalized spacial score (nSPS) is 16.1. The molecule has 1 N–H and O–H groups in total. The van der Waals surface area contributed by atoms with Crippen molar-refractivity contribution < 1.29 is 4.79 Å². The van der Waals surface area contributed by atoms with E-state index >= 15 is 0 Å². The van der Waals surface area contributed by atoms with Crippen LogP contribution in [0.1, 0.15) is 17.7 Å². The summed E-state index contributed by atoms with van der Waals surface area (Å²) in [5.74, 6) is 1.10. The van der Waals surface area contributed by atoms with Gasteiger partial charge in [0, 0.05) is 49.6 Å². The van der Waals surface area contributed by atoms with Crippen LogP contribution in [0.25, 0.3) is 0 Å². The Morgan fingerprint density at radius 3 is 2.90 bits per heavy atom. The molecule has 0 aliphatic carbocycles. The van der Waals surface area contributed by atoms with Crippen LogP contribution in [0, 0.1) is 0 Å². The molecule has 0 aromatic carbocycles. The van der Waals surface area contributed by atoms with Gasteiger partial charge in [0.05, 0.1) is 11.9 Å². The van der Waals surface area contributed by atoms with E-state index < -0.39 is 0 Å². The lowest BCUT2D eigenvalue weighted by molar-refractivity contribution is -0.121. The summed E-state index contributed by atoms with van der Waals surface area (Å²) in [6.45, 7) is 1.85. The molecular weight excluding hydrogens is 286 g/mol. The van der Waals surface area contributed by atoms with Crippen LogP contribution < -0.4 is 10.2 Å². The molecule has 0 atom stereocenters. The van der Waals surface area contributed by atoms with Gasteiger partial charge in [-0.05, 0) is 12.8 Å². The van der Waals surface area contributed by atoms with Gasteiger partial charge in [0.2, 0.25) is 11.9 Å². The third kappa shape index (κ3) is 3.41. The molecule has 6 nitrogen and oxygen atoms in total. The third-order valence-corrected chi connectivity index (χ3v) is 4.54. The molecule has 1 aliphatic heterocycles. The van der Waals surface area contributed by atoms with Crippen LogP contribution in [0.15, 0.2) is 24.1 Å². The number of amides is 1. The number of carbonyl (C=O) groups excluding carboxylic acids is 1. The number of rotatable bonds is 4. The van der Waals surface area contributed by atoms with E-state index in [0.717, 1.165) is 36.8 Å². The predicted molar refractivity (Wildman–Crippen MR) is 82.4 cm³/mol. The van der Waals surface area contributed by atoms with Crippen molar-refractivity contribution in [1.29, 1.82) is 0 Å². The lowest BCUT2D eigenvalue weighted by atomic mass is 10.1. The number of carbonyl (C=O) groups is 1. The van der Waals surface area contributed by atoms with Gasteiger partial charge < -0.3 is 14.8 Å². The molecule has 0 saturated carbocycles. The molecule has 1 saturated heterocycles. The number of hydrogen-bond acceptors (Lipinski definition) is 5. The molecule has 3 rings (SSSR count). The first-order valence-corrected chi connectivity index (χ1v) is 7.99. The van der Waals surface area contributed by atoms with Gasteiger partial charge in [0.1, 0.15) is 0 Å². The SMILES string of the molecule is Cn1ccnc1N1CCC(NC(=O)Cc2cncs2)CC1. The second-order valence-corrected chi connectivity index (χ2v) is 6.28. The number of thiazole rings is 1. The molecule has 112 valence electrons. The van der Waals surface area contributed by atoms with Crippen molar-refractivity contribution in [2.75, 3.05) is 18.0 Å². The fraction of sp³-hybridized carbons (Fsp3) is 0.500. The molecule has 21 heavy (non-hydrogen) atoms. The molecule has 0 spiro atoms. The van der Waals surface area contributed by atoms with E-state index in [1.165, 1.54) is 11.3 Å². The summed E-state index contributed by atoms with van der Waals surface area (Å²) in [6, 6.07) is 0.266. The smallest absolute Gasteiger partial charge is 0.225 e. The highest BCUT2D eigenvalue weighted by atomic mass is 32.1. The molecule has 3 heterocycles. The zero-order chi connectivity index (χ0) is 14.7. The molecule has 2 aromatic rings. The Morgan fingerprint density at radius 2 is 2.29 bits per heavy atom. The number of nitrogens with zero attached hydrogens (tertiary/aromatic N) is 4. The summed E-state index contributed by atoms with van der Waals surface area (Å²) in [4.78, 5) is 23.6. The predicted octanol–water partition coefficient (Wildman–Crippen LogP) is 1.20. The summed E-state index contributed by atoms with van der Waals surface area (Å²) in [5, 5.41) is 3.12. The van der Waals surface area contributed by atoms with Gasteiger partial charge in [0.15, 0.2) is 0 Å². The molecule has 1 aliphatic rings. The summed E-state index contributed by atoms with van der Waals surface area (Å²) in [7, 11) is 2.01. The van der Waals surface area contributed by atoms with Crippen LogP contribution in [-0.4, -0.2) is 39.6 Å². The standard InChI is InChI=1S/C14H19N5OS/c1-18-7-4-16-14(18)19-5-2-11(3-6-19)17-13(20)8-12-9-15-10-21-12/h4,7,9-11H,2-3,5-6,8H2,1H3,(H,17,20). The zero-order valence-electron chi connectivity index (χ0n) is 12.0. The Balaban J connectivity index is 1.47. The van der Waals surface area contributed by atoms with E-state index in [-0.39, 0.29) is 11.9 Å². The van der Waals surface area contributed by atoms with E-state index in [9.17, 15) is 4.79 Å². The Labute approximate surface area is 127 Å². The Kier molecular flexibility index (Phi) is 4.19. The van der Waals surface area contributed by atoms with Gasteiger partial charge in [-0.15, -0.1) is 11.3 Å². The number of nitrogens with one attached hydrogen (secondary N) is 1. The number of piperidine rings is 1. The largest absolute Gasteiger partial charge is 0.353 e. The van der Waals surface area contributed by atoms with Crippen LogP contribution in [-0.2, 0) is 18.3 Å². The zero-order valence-corrected chi connectivity index (χ0v) is 12.8. The first-order chi connectivity index (χ1) is 10.2. The van der Waals surface area contributed by atoms with Gasteiger partial charge in [-0.3, -0.25) is 9.78 Å². The van der Waals surface area contributed by atoms with Crippen molar-refractivity contribution in [2.45, 2.75) is 25.3 Å². The average Bonchev–Trinajstić information content (AvgIpc) is 3.11. The molecule has 1 fully saturated rings. The van der Waals surface area contributed by atoms with Crippen molar-refractivity contribution in [3.63, 3.8) is 0 Å². The molecule has 2 aromatic heterocycles. The van der Waals surface area contributed by atoms with Gasteiger partial charge in [0.25, 0.3) is 0 Å². The third-order valence-electron chi connectivity index (χ3n) is 3.76. The van der Waals surface area contributed by atoms with Crippen molar-refractivity contribution in [3.8, 4) is 0 Å². The monoisotopic (exact) mass is 305 g/mol. The number of imidazole rings is 1. The van der Waals surface area contributed by atoms with Crippen LogP contribution in [0.4, 0.5) is 5.95 Å². The number of anilines is 1. The average molecular weight is 305 g/mol. The molecule has 0 unspecified atom stereocenters. The molecule has 1 amide bonds. The summed E-state index contributed by atoms with van der Waals surface area (Å²) >= 11 is 1.52. The van der Waals surface area contributed by atoms with Crippen molar-refractivity contribution >= 4 is 23.2 Å². The van der Waals surface area contributed by atoms with Crippen molar-refractivity contribution in [2.24, 2.45) is 7.05 Å². The Hall–Kier alpha value is -1.89. The highest BCUT2D eigenvalue weighted by Gasteiger charge is 2.22.